The third kappa shape index (κ3) is 5.76. The van der Waals surface area contributed by atoms with Crippen LogP contribution in [0.2, 0.25) is 0 Å². The van der Waals surface area contributed by atoms with Gasteiger partial charge in [0.15, 0.2) is 0 Å². The first-order valence-corrected chi connectivity index (χ1v) is 13.8. The number of piperidine rings is 1. The molecule has 5 rings (SSSR count). The average molecular weight is 566 g/mol. The van der Waals surface area contributed by atoms with Crippen LogP contribution in [0, 0.1) is 5.92 Å². The van der Waals surface area contributed by atoms with E-state index < -0.39 is 11.6 Å². The molecule has 0 unspecified atom stereocenters. The number of nitrogens with one attached hydrogen (secondary N) is 2. The highest BCUT2D eigenvalue weighted by molar-refractivity contribution is 6.09. The van der Waals surface area contributed by atoms with Crippen molar-refractivity contribution in [3.05, 3.63) is 71.8 Å². The van der Waals surface area contributed by atoms with Gasteiger partial charge in [-0.1, -0.05) is 26.0 Å². The Kier molecular flexibility index (Phi) is 7.48. The zero-order valence-corrected chi connectivity index (χ0v) is 23.6. The first kappa shape index (κ1) is 28.5. The van der Waals surface area contributed by atoms with E-state index in [1.165, 1.54) is 12.1 Å². The van der Waals surface area contributed by atoms with Crippen molar-refractivity contribution in [2.24, 2.45) is 5.92 Å². The lowest BCUT2D eigenvalue weighted by Gasteiger charge is -2.33. The van der Waals surface area contributed by atoms with E-state index in [4.69, 9.17) is 4.42 Å². The first-order chi connectivity index (χ1) is 19.3. The summed E-state index contributed by atoms with van der Waals surface area (Å²) in [4.78, 5) is 27.4. The summed E-state index contributed by atoms with van der Waals surface area (Å²) in [7, 11) is 0. The smallest absolute Gasteiger partial charge is 0.397 e. The molecule has 41 heavy (non-hydrogen) atoms. The summed E-state index contributed by atoms with van der Waals surface area (Å²) in [6.45, 7) is 7.43. The molecule has 0 saturated carbocycles. The van der Waals surface area contributed by atoms with Crippen LogP contribution in [0.15, 0.2) is 65.1 Å². The number of fused-ring (bicyclic) bond motifs is 3. The zero-order chi connectivity index (χ0) is 29.5. The van der Waals surface area contributed by atoms with Crippen LogP contribution in [0.1, 0.15) is 56.5 Å². The number of benzene rings is 3. The lowest BCUT2D eigenvalue weighted by atomic mass is 9.83. The monoisotopic (exact) mass is 565 g/mol. The van der Waals surface area contributed by atoms with E-state index in [0.29, 0.717) is 53.5 Å². The maximum Gasteiger partial charge on any atom is 0.397 e. The Balaban J connectivity index is 1.29. The maximum atomic E-state index is 13.5. The number of furan rings is 1. The number of hydrogen-bond donors (Lipinski definition) is 2. The van der Waals surface area contributed by atoms with E-state index in [2.05, 4.69) is 10.6 Å². The van der Waals surface area contributed by atoms with Gasteiger partial charge < -0.3 is 20.0 Å². The van der Waals surface area contributed by atoms with Gasteiger partial charge >= 0.3 is 6.18 Å². The van der Waals surface area contributed by atoms with Crippen molar-refractivity contribution >= 4 is 45.1 Å². The molecule has 0 spiro atoms. The molecular weight excluding hydrogens is 531 g/mol. The molecule has 6 nitrogen and oxygen atoms in total. The van der Waals surface area contributed by atoms with Crippen LogP contribution in [-0.4, -0.2) is 37.1 Å². The second kappa shape index (κ2) is 10.8. The van der Waals surface area contributed by atoms with E-state index in [1.807, 2.05) is 38.1 Å². The lowest BCUT2D eigenvalue weighted by Crippen LogP contribution is -2.43. The number of nitrogens with zero attached hydrogens (tertiary/aromatic N) is 1. The predicted molar refractivity (Wildman–Crippen MR) is 155 cm³/mol. The summed E-state index contributed by atoms with van der Waals surface area (Å²) >= 11 is 0. The molecule has 1 atom stereocenters. The fourth-order valence-corrected chi connectivity index (χ4v) is 5.10. The minimum Gasteiger partial charge on any atom is -0.456 e. The molecule has 0 radical (unpaired) electrons. The van der Waals surface area contributed by atoms with Crippen molar-refractivity contribution in [1.29, 1.82) is 0 Å². The summed E-state index contributed by atoms with van der Waals surface area (Å²) in [6.07, 6.45) is -3.54. The van der Waals surface area contributed by atoms with Gasteiger partial charge in [0.05, 0.1) is 5.41 Å². The van der Waals surface area contributed by atoms with Gasteiger partial charge in [-0.15, -0.1) is 0 Å². The summed E-state index contributed by atoms with van der Waals surface area (Å²) in [5, 5.41) is 7.95. The number of hydrogen-bond acceptors (Lipinski definition) is 4. The van der Waals surface area contributed by atoms with Gasteiger partial charge in [0, 0.05) is 59.3 Å². The molecule has 2 amide bonds. The Labute approximate surface area is 236 Å². The predicted octanol–water partition coefficient (Wildman–Crippen LogP) is 7.42. The molecule has 216 valence electrons. The molecule has 1 aromatic heterocycles. The topological polar surface area (TPSA) is 74.6 Å². The molecule has 3 aromatic carbocycles. The molecule has 1 fully saturated rings. The van der Waals surface area contributed by atoms with Crippen LogP contribution < -0.4 is 15.5 Å². The highest BCUT2D eigenvalue weighted by Crippen LogP contribution is 2.41. The minimum atomic E-state index is -4.38. The third-order valence-corrected chi connectivity index (χ3v) is 7.79. The molecule has 0 aliphatic carbocycles. The molecule has 1 aliphatic heterocycles. The van der Waals surface area contributed by atoms with Crippen molar-refractivity contribution in [3.63, 3.8) is 0 Å². The Bertz CT molecular complexity index is 1610. The molecule has 0 bridgehead atoms. The molecule has 9 heteroatoms. The number of anilines is 2. The summed E-state index contributed by atoms with van der Waals surface area (Å²) in [5.41, 5.74) is 1.20. The Morgan fingerprint density at radius 2 is 1.73 bits per heavy atom. The second-order valence-electron chi connectivity index (χ2n) is 11.7. The summed E-state index contributed by atoms with van der Waals surface area (Å²) in [5.74, 6) is 0.109. The van der Waals surface area contributed by atoms with Gasteiger partial charge in [-0.25, -0.2) is 0 Å². The molecule has 1 saturated heterocycles. The SMILES string of the molecule is CC(C)CNC(=O)c1ccc2c(c1)oc1cc(N3CC[C@H](Nc4cccc(C(C)(C)C(F)(F)F)c4)CC3=O)ccc12. The fourth-order valence-electron chi connectivity index (χ4n) is 5.10. The minimum absolute atomic E-state index is 0.0832. The van der Waals surface area contributed by atoms with Gasteiger partial charge in [-0.3, -0.25) is 9.59 Å². The lowest BCUT2D eigenvalue weighted by molar-refractivity contribution is -0.180. The zero-order valence-electron chi connectivity index (χ0n) is 23.6. The van der Waals surface area contributed by atoms with Crippen LogP contribution in [0.25, 0.3) is 21.9 Å². The molecule has 1 aliphatic rings. The van der Waals surface area contributed by atoms with Crippen LogP contribution in [0.5, 0.6) is 0 Å². The number of amides is 2. The Morgan fingerprint density at radius 3 is 2.41 bits per heavy atom. The third-order valence-electron chi connectivity index (χ3n) is 7.79. The van der Waals surface area contributed by atoms with Gasteiger partial charge in [0.25, 0.3) is 5.91 Å². The number of carbonyl (C=O) groups excluding carboxylic acids is 2. The number of carbonyl (C=O) groups is 2. The Hall–Kier alpha value is -4.01. The van der Waals surface area contributed by atoms with E-state index in [9.17, 15) is 22.8 Å². The summed E-state index contributed by atoms with van der Waals surface area (Å²) < 4.78 is 46.7. The van der Waals surface area contributed by atoms with Crippen molar-refractivity contribution in [3.8, 4) is 0 Å². The van der Waals surface area contributed by atoms with E-state index in [1.54, 1.807) is 29.2 Å². The Morgan fingerprint density at radius 1 is 1.02 bits per heavy atom. The summed E-state index contributed by atoms with van der Waals surface area (Å²) in [6, 6.07) is 17.1. The van der Waals surface area contributed by atoms with Crippen molar-refractivity contribution < 1.29 is 27.2 Å². The van der Waals surface area contributed by atoms with Gasteiger partial charge in [-0.2, -0.15) is 13.2 Å². The average Bonchev–Trinajstić information content (AvgIpc) is 3.28. The molecule has 2 heterocycles. The highest BCUT2D eigenvalue weighted by atomic mass is 19.4. The second-order valence-corrected chi connectivity index (χ2v) is 11.7. The van der Waals surface area contributed by atoms with E-state index in [0.717, 1.165) is 24.6 Å². The number of halogens is 3. The molecular formula is C32H34F3N3O3. The van der Waals surface area contributed by atoms with Crippen molar-refractivity contribution in [2.75, 3.05) is 23.3 Å². The standard InChI is InChI=1S/C32H34F3N3O3/c1-19(2)18-36-30(40)20-8-10-25-26-11-9-24(17-28(26)41-27(25)14-20)38-13-12-23(16-29(38)39)37-22-7-5-6-21(15-22)31(3,4)32(33,34)35/h5-11,14-15,17,19,23,37H,12-13,16,18H2,1-4H3,(H,36,40)/t23-/m0/s1. The normalized spacial score (nSPS) is 16.5. The molecule has 2 N–H and O–H groups in total. The van der Waals surface area contributed by atoms with Gasteiger partial charge in [0.1, 0.15) is 11.2 Å². The fraction of sp³-hybridized carbons (Fsp3) is 0.375. The number of rotatable bonds is 7. The number of alkyl halides is 3. The van der Waals surface area contributed by atoms with E-state index in [-0.39, 0.29) is 29.8 Å². The van der Waals surface area contributed by atoms with Gasteiger partial charge in [-0.05, 0) is 74.2 Å². The maximum absolute atomic E-state index is 13.5. The van der Waals surface area contributed by atoms with Crippen molar-refractivity contribution in [2.45, 2.75) is 58.2 Å². The molecule has 4 aromatic rings. The largest absolute Gasteiger partial charge is 0.456 e. The van der Waals surface area contributed by atoms with Crippen LogP contribution in [-0.2, 0) is 10.2 Å². The van der Waals surface area contributed by atoms with E-state index >= 15 is 0 Å². The van der Waals surface area contributed by atoms with Crippen molar-refractivity contribution in [1.82, 2.24) is 5.32 Å². The highest BCUT2D eigenvalue weighted by Gasteiger charge is 2.48. The van der Waals surface area contributed by atoms with Crippen LogP contribution in [0.4, 0.5) is 24.5 Å². The van der Waals surface area contributed by atoms with Gasteiger partial charge in [0.2, 0.25) is 5.91 Å². The first-order valence-electron chi connectivity index (χ1n) is 13.8. The van der Waals surface area contributed by atoms with Crippen LogP contribution >= 0.6 is 0 Å². The van der Waals surface area contributed by atoms with Crippen LogP contribution in [0.3, 0.4) is 0 Å². The quantitative estimate of drug-likeness (QED) is 0.245.